The average Bonchev–Trinajstić information content (AvgIpc) is 3.09. The molecule has 0 nitrogen and oxygen atoms in total. The molecule has 43 heavy (non-hydrogen) atoms. The summed E-state index contributed by atoms with van der Waals surface area (Å²) in [5.41, 5.74) is 14.1. The minimum Gasteiger partial charge on any atom is -0.161 e. The van der Waals surface area contributed by atoms with Gasteiger partial charge >= 0.3 is 0 Å². The van der Waals surface area contributed by atoms with Crippen LogP contribution in [0.5, 0.6) is 0 Å². The van der Waals surface area contributed by atoms with Gasteiger partial charge in [0.1, 0.15) is 0 Å². The lowest BCUT2D eigenvalue weighted by molar-refractivity contribution is 1.42. The first-order valence-electron chi connectivity index (χ1n) is 14.9. The van der Waals surface area contributed by atoms with Gasteiger partial charge in [0.05, 0.1) is 0 Å². The third-order valence-electron chi connectivity index (χ3n) is 8.11. The number of rotatable bonds is 9. The molecule has 0 saturated heterocycles. The van der Waals surface area contributed by atoms with Crippen LogP contribution in [-0.4, -0.2) is 18.7 Å². The highest BCUT2D eigenvalue weighted by molar-refractivity contribution is 7.98. The van der Waals surface area contributed by atoms with Crippen LogP contribution in [0.4, 0.5) is 0 Å². The Kier molecular flexibility index (Phi) is 9.06. The van der Waals surface area contributed by atoms with Crippen molar-refractivity contribution in [2.45, 2.75) is 6.92 Å². The first-order chi connectivity index (χ1) is 21.2. The maximum atomic E-state index is 2.32. The Morgan fingerprint density at radius 1 is 0.442 bits per heavy atom. The Morgan fingerprint density at radius 2 is 0.767 bits per heavy atom. The minimum absolute atomic E-state index is 0.101. The van der Waals surface area contributed by atoms with Crippen molar-refractivity contribution in [3.63, 3.8) is 0 Å². The zero-order chi connectivity index (χ0) is 29.4. The molecule has 0 bridgehead atoms. The second kappa shape index (κ2) is 13.6. The van der Waals surface area contributed by atoms with E-state index in [-0.39, 0.29) is 6.71 Å². The highest BCUT2D eigenvalue weighted by atomic mass is 32.2. The zero-order valence-corrected chi connectivity index (χ0v) is 25.6. The van der Waals surface area contributed by atoms with Crippen molar-refractivity contribution in [2.24, 2.45) is 0 Å². The molecule has 2 heteroatoms. The Hall–Kier alpha value is -4.53. The summed E-state index contributed by atoms with van der Waals surface area (Å²) in [5, 5.41) is 0. The van der Waals surface area contributed by atoms with Gasteiger partial charge in [-0.05, 0) is 52.1 Å². The van der Waals surface area contributed by atoms with Crippen LogP contribution in [0.25, 0.3) is 38.9 Å². The highest BCUT2D eigenvalue weighted by Crippen LogP contribution is 2.28. The van der Waals surface area contributed by atoms with Crippen molar-refractivity contribution in [3.8, 4) is 33.4 Å². The van der Waals surface area contributed by atoms with Crippen LogP contribution < -0.4 is 10.9 Å². The first kappa shape index (κ1) is 28.6. The number of hydrogen-bond donors (Lipinski definition) is 0. The summed E-state index contributed by atoms with van der Waals surface area (Å²) >= 11 is 1.88. The molecule has 0 aliphatic carbocycles. The molecule has 6 aromatic carbocycles. The Labute approximate surface area is 261 Å². The van der Waals surface area contributed by atoms with Crippen LogP contribution in [0.2, 0.25) is 0 Å². The second-order valence-electron chi connectivity index (χ2n) is 11.0. The largest absolute Gasteiger partial charge is 0.241 e. The summed E-state index contributed by atoms with van der Waals surface area (Å²) in [6.45, 7) is 2.41. The van der Waals surface area contributed by atoms with E-state index in [2.05, 4.69) is 177 Å². The van der Waals surface area contributed by atoms with E-state index in [0.29, 0.717) is 0 Å². The van der Waals surface area contributed by atoms with Crippen molar-refractivity contribution < 1.29 is 0 Å². The van der Waals surface area contributed by atoms with Gasteiger partial charge in [-0.3, -0.25) is 0 Å². The van der Waals surface area contributed by atoms with E-state index in [9.17, 15) is 0 Å². The fourth-order valence-electron chi connectivity index (χ4n) is 5.95. The van der Waals surface area contributed by atoms with Crippen molar-refractivity contribution >= 4 is 34.9 Å². The van der Waals surface area contributed by atoms with Crippen LogP contribution in [0.3, 0.4) is 0 Å². The zero-order valence-electron chi connectivity index (χ0n) is 24.8. The maximum absolute atomic E-state index is 2.32. The van der Waals surface area contributed by atoms with E-state index < -0.39 is 0 Å². The molecule has 6 rings (SSSR count). The highest BCUT2D eigenvalue weighted by Gasteiger charge is 2.27. The van der Waals surface area contributed by atoms with Gasteiger partial charge in [-0.2, -0.15) is 11.8 Å². The molecule has 0 aromatic heterocycles. The van der Waals surface area contributed by atoms with Crippen LogP contribution in [0.15, 0.2) is 169 Å². The summed E-state index contributed by atoms with van der Waals surface area (Å²) in [6.07, 6.45) is 2.19. The third-order valence-corrected chi connectivity index (χ3v) is 8.84. The second-order valence-corrected chi connectivity index (χ2v) is 11.8. The molecule has 0 atom stereocenters. The van der Waals surface area contributed by atoms with Crippen molar-refractivity contribution in [3.05, 3.63) is 175 Å². The van der Waals surface area contributed by atoms with Crippen LogP contribution in [0, 0.1) is 0 Å². The van der Waals surface area contributed by atoms with Gasteiger partial charge in [-0.25, -0.2) is 0 Å². The molecule has 0 aliphatic heterocycles. The van der Waals surface area contributed by atoms with E-state index >= 15 is 0 Å². The molecular weight excluding hydrogens is 535 g/mol. The fourth-order valence-corrected chi connectivity index (χ4v) is 6.54. The lowest BCUT2D eigenvalue weighted by Crippen LogP contribution is -2.44. The van der Waals surface area contributed by atoms with Crippen LogP contribution in [-0.2, 0) is 0 Å². The maximum Gasteiger partial charge on any atom is 0.241 e. The summed E-state index contributed by atoms with van der Waals surface area (Å²) < 4.78 is 0. The average molecular weight is 571 g/mol. The van der Waals surface area contributed by atoms with Gasteiger partial charge in [0.15, 0.2) is 0 Å². The Balaban J connectivity index is 1.46. The summed E-state index contributed by atoms with van der Waals surface area (Å²) in [7, 11) is 0. The van der Waals surface area contributed by atoms with E-state index in [4.69, 9.17) is 0 Å². The molecule has 0 spiro atoms. The van der Waals surface area contributed by atoms with Gasteiger partial charge < -0.3 is 0 Å². The quantitative estimate of drug-likeness (QED) is 0.156. The first-order valence-corrected chi connectivity index (χ1v) is 16.3. The molecule has 0 unspecified atom stereocenters. The summed E-state index contributed by atoms with van der Waals surface area (Å²) in [5.74, 6) is 0.983. The summed E-state index contributed by atoms with van der Waals surface area (Å²) in [6, 6.07) is 59.4. The van der Waals surface area contributed by atoms with E-state index in [1.807, 2.05) is 11.8 Å². The minimum atomic E-state index is 0.101. The third kappa shape index (κ3) is 6.61. The van der Waals surface area contributed by atoms with Crippen molar-refractivity contribution in [1.29, 1.82) is 0 Å². The molecule has 0 amide bonds. The number of benzene rings is 6. The normalized spacial score (nSPS) is 11.6. The predicted octanol–water partition coefficient (Wildman–Crippen LogP) is 9.67. The summed E-state index contributed by atoms with van der Waals surface area (Å²) in [4.78, 5) is 0. The Bertz CT molecular complexity index is 1690. The SMILES string of the molecule is CSC/C(C)=C(\B(c1ccc(-c2ccccc2)cc1)c1ccc(-c2ccccc2)cc1)c1ccc(-c2ccccc2)cc1. The van der Waals surface area contributed by atoms with E-state index in [0.717, 1.165) is 5.75 Å². The number of hydrogen-bond acceptors (Lipinski definition) is 1. The molecule has 6 aromatic rings. The van der Waals surface area contributed by atoms with Gasteiger partial charge in [0.25, 0.3) is 0 Å². The Morgan fingerprint density at radius 3 is 1.12 bits per heavy atom. The molecule has 208 valence electrons. The van der Waals surface area contributed by atoms with Crippen molar-refractivity contribution in [2.75, 3.05) is 12.0 Å². The molecule has 0 N–H and O–H groups in total. The van der Waals surface area contributed by atoms with Gasteiger partial charge in [-0.15, -0.1) is 0 Å². The van der Waals surface area contributed by atoms with E-state index in [1.165, 1.54) is 60.9 Å². The lowest BCUT2D eigenvalue weighted by Gasteiger charge is -2.23. The topological polar surface area (TPSA) is 0 Å². The molecule has 0 radical (unpaired) electrons. The van der Waals surface area contributed by atoms with Gasteiger partial charge in [-0.1, -0.05) is 186 Å². The molecule has 0 saturated carbocycles. The monoisotopic (exact) mass is 570 g/mol. The number of thioether (sulfide) groups is 1. The van der Waals surface area contributed by atoms with Crippen molar-refractivity contribution in [1.82, 2.24) is 0 Å². The van der Waals surface area contributed by atoms with Crippen LogP contribution in [0.1, 0.15) is 12.5 Å². The predicted molar refractivity (Wildman–Crippen MR) is 192 cm³/mol. The molecule has 0 fully saturated rings. The smallest absolute Gasteiger partial charge is 0.161 e. The molecule has 0 heterocycles. The van der Waals surface area contributed by atoms with Gasteiger partial charge in [0, 0.05) is 5.75 Å². The molecular formula is C41H35BS. The molecule has 0 aliphatic rings. The van der Waals surface area contributed by atoms with Crippen LogP contribution >= 0.6 is 11.8 Å². The lowest BCUT2D eigenvalue weighted by atomic mass is 9.34. The fraction of sp³-hybridized carbons (Fsp3) is 0.0732. The van der Waals surface area contributed by atoms with E-state index in [1.54, 1.807) is 0 Å². The van der Waals surface area contributed by atoms with Gasteiger partial charge in [0.2, 0.25) is 6.71 Å². The standard InChI is InChI=1S/C41H35BS/c1-31(30-43-2)41(38-20-18-35(19-21-38)32-12-6-3-7-13-32)42(39-26-22-36(23-27-39)33-14-8-4-9-15-33)40-28-24-37(25-29-40)34-16-10-5-11-17-34/h3-29H,30H2,1-2H3/b41-31-.